The molecule has 5 rings (SSSR count). The smallest absolute Gasteiger partial charge is 0.261 e. The normalized spacial score (nSPS) is 17.0. The van der Waals surface area contributed by atoms with E-state index in [1.165, 1.54) is 19.2 Å². The van der Waals surface area contributed by atoms with Crippen LogP contribution in [-0.4, -0.2) is 81.1 Å². The fraction of sp³-hybridized carbons (Fsp3) is 0.316. The number of fused-ring (bicyclic) bond motifs is 1. The van der Waals surface area contributed by atoms with Crippen molar-refractivity contribution < 1.29 is 32.6 Å². The van der Waals surface area contributed by atoms with Gasteiger partial charge in [-0.2, -0.15) is 0 Å². The predicted octanol–water partition coefficient (Wildman–Crippen LogP) is 4.61. The number of carbonyl (C=O) groups is 2. The average Bonchev–Trinajstić information content (AvgIpc) is 3.16. The van der Waals surface area contributed by atoms with Crippen molar-refractivity contribution >= 4 is 38.9 Å². The van der Waals surface area contributed by atoms with E-state index in [9.17, 15) is 23.1 Å². The number of sulfonamides is 1. The van der Waals surface area contributed by atoms with E-state index in [0.29, 0.717) is 53.6 Å². The number of rotatable bonds is 12. The highest BCUT2D eigenvalue weighted by Crippen LogP contribution is 2.30. The minimum atomic E-state index is -3.93. The third-order valence-corrected chi connectivity index (χ3v) is 10.3. The van der Waals surface area contributed by atoms with Gasteiger partial charge in [0.15, 0.2) is 0 Å². The lowest BCUT2D eigenvalue weighted by atomic mass is 10.0. The number of anilines is 3. The molecular formula is C38H45N5O7S. The first-order chi connectivity index (χ1) is 24.4. The number of methoxy groups -OCH3 is 1. The Morgan fingerprint density at radius 2 is 1.78 bits per heavy atom. The molecule has 0 spiro atoms. The number of nitrogens with one attached hydrogen (secondary N) is 2. The third-order valence-electron chi connectivity index (χ3n) is 8.91. The SMILES string of the molecule is COc1ccc(S(=O)(=O)Nc2ccc3c(c2)CC(=O)N([C@H](C)CO)C[C@@H](C)[C@H](CN(C)Cc2ccc(C(=O)Nc4ccccc4N)cc2)O3)cc1. The lowest BCUT2D eigenvalue weighted by molar-refractivity contribution is -0.134. The van der Waals surface area contributed by atoms with Gasteiger partial charge < -0.3 is 30.5 Å². The zero-order chi connectivity index (χ0) is 36.7. The fourth-order valence-corrected chi connectivity index (χ4v) is 6.98. The van der Waals surface area contributed by atoms with Crippen LogP contribution in [0.3, 0.4) is 0 Å². The lowest BCUT2D eigenvalue weighted by Crippen LogP contribution is -2.47. The fourth-order valence-electron chi connectivity index (χ4n) is 5.93. The molecule has 0 unspecified atom stereocenters. The molecule has 270 valence electrons. The Labute approximate surface area is 299 Å². The summed E-state index contributed by atoms with van der Waals surface area (Å²) in [6.45, 7) is 5.03. The molecule has 1 aliphatic rings. The van der Waals surface area contributed by atoms with E-state index in [1.54, 1.807) is 78.6 Å². The van der Waals surface area contributed by atoms with Gasteiger partial charge >= 0.3 is 0 Å². The van der Waals surface area contributed by atoms with Crippen molar-refractivity contribution in [2.24, 2.45) is 5.92 Å². The van der Waals surface area contributed by atoms with Gasteiger partial charge in [-0.05, 0) is 86.3 Å². The lowest BCUT2D eigenvalue weighted by Gasteiger charge is -2.34. The van der Waals surface area contributed by atoms with Gasteiger partial charge in [0.1, 0.15) is 17.6 Å². The highest BCUT2D eigenvalue weighted by atomic mass is 32.2. The van der Waals surface area contributed by atoms with Crippen LogP contribution in [0.2, 0.25) is 0 Å². The molecule has 0 aliphatic carbocycles. The third kappa shape index (κ3) is 9.37. The first-order valence-electron chi connectivity index (χ1n) is 16.7. The van der Waals surface area contributed by atoms with E-state index in [0.717, 1.165) is 5.56 Å². The second kappa shape index (κ2) is 16.3. The summed E-state index contributed by atoms with van der Waals surface area (Å²) in [6.07, 6.45) is -0.402. The molecule has 2 amide bonds. The molecule has 0 saturated carbocycles. The van der Waals surface area contributed by atoms with Crippen molar-refractivity contribution in [2.75, 3.05) is 49.6 Å². The van der Waals surface area contributed by atoms with Gasteiger partial charge in [0.2, 0.25) is 5.91 Å². The summed E-state index contributed by atoms with van der Waals surface area (Å²) in [6, 6.07) is 25.0. The molecule has 0 bridgehead atoms. The number of carbonyl (C=O) groups excluding carboxylic acids is 2. The summed E-state index contributed by atoms with van der Waals surface area (Å²) in [5.41, 5.74) is 9.31. The Kier molecular flexibility index (Phi) is 11.9. The monoisotopic (exact) mass is 715 g/mol. The summed E-state index contributed by atoms with van der Waals surface area (Å²) in [5, 5.41) is 12.8. The Balaban J connectivity index is 1.33. The van der Waals surface area contributed by atoms with Crippen LogP contribution < -0.4 is 25.2 Å². The van der Waals surface area contributed by atoms with Crippen LogP contribution in [0.25, 0.3) is 0 Å². The second-order valence-electron chi connectivity index (χ2n) is 12.9. The van der Waals surface area contributed by atoms with Crippen molar-refractivity contribution in [1.82, 2.24) is 9.80 Å². The molecule has 4 aromatic carbocycles. The van der Waals surface area contributed by atoms with Crippen molar-refractivity contribution in [1.29, 1.82) is 0 Å². The maximum Gasteiger partial charge on any atom is 0.261 e. The standard InChI is InChI=1S/C38H45N5O7S/c1-25-21-43(26(2)24-44)37(45)20-29-19-30(41-51(47,48)32-16-14-31(49-4)15-17-32)13-18-35(29)50-36(25)23-42(3)22-27-9-11-28(12-10-27)38(46)40-34-8-6-5-7-33(34)39/h5-19,25-26,36,41,44H,20-24,39H2,1-4H3,(H,40,46)/t25-,26-,36+/m1/s1. The number of nitrogens with zero attached hydrogens (tertiary/aromatic N) is 2. The van der Waals surface area contributed by atoms with Gasteiger partial charge in [-0.25, -0.2) is 8.42 Å². The Hall–Kier alpha value is -5.11. The molecule has 1 aliphatic heterocycles. The molecule has 3 atom stereocenters. The Bertz CT molecular complexity index is 1940. The summed E-state index contributed by atoms with van der Waals surface area (Å²) in [7, 11) is -0.453. The van der Waals surface area contributed by atoms with E-state index in [4.69, 9.17) is 15.2 Å². The van der Waals surface area contributed by atoms with Gasteiger partial charge in [-0.3, -0.25) is 19.2 Å². The predicted molar refractivity (Wildman–Crippen MR) is 197 cm³/mol. The topological polar surface area (TPSA) is 164 Å². The van der Waals surface area contributed by atoms with E-state index >= 15 is 0 Å². The number of amides is 2. The average molecular weight is 716 g/mol. The summed E-state index contributed by atoms with van der Waals surface area (Å²) in [5.74, 6) is 0.435. The first-order valence-corrected chi connectivity index (χ1v) is 18.1. The largest absolute Gasteiger partial charge is 0.497 e. The van der Waals surface area contributed by atoms with Crippen LogP contribution >= 0.6 is 0 Å². The minimum Gasteiger partial charge on any atom is -0.497 e. The molecule has 12 nitrogen and oxygen atoms in total. The molecule has 1 heterocycles. The number of benzene rings is 4. The summed E-state index contributed by atoms with van der Waals surface area (Å²) < 4.78 is 40.7. The van der Waals surface area contributed by atoms with Crippen molar-refractivity contribution in [3.8, 4) is 11.5 Å². The number of hydrogen-bond acceptors (Lipinski definition) is 9. The number of hydrogen-bond donors (Lipinski definition) is 4. The minimum absolute atomic E-state index is 0.0378. The highest BCUT2D eigenvalue weighted by molar-refractivity contribution is 7.92. The highest BCUT2D eigenvalue weighted by Gasteiger charge is 2.31. The van der Waals surface area contributed by atoms with Gasteiger partial charge in [0.05, 0.1) is 42.4 Å². The maximum atomic E-state index is 13.6. The number of likely N-dealkylation sites (N-methyl/N-ethyl adjacent to an activating group) is 1. The number of para-hydroxylation sites is 2. The van der Waals surface area contributed by atoms with E-state index < -0.39 is 16.1 Å². The molecule has 0 aromatic heterocycles. The molecule has 13 heteroatoms. The molecular weight excluding hydrogens is 671 g/mol. The summed E-state index contributed by atoms with van der Waals surface area (Å²) in [4.78, 5) is 30.3. The zero-order valence-corrected chi connectivity index (χ0v) is 30.0. The Morgan fingerprint density at radius 1 is 1.08 bits per heavy atom. The second-order valence-corrected chi connectivity index (χ2v) is 14.6. The first kappa shape index (κ1) is 37.2. The van der Waals surface area contributed by atoms with Gasteiger partial charge in [0, 0.05) is 42.4 Å². The molecule has 4 aromatic rings. The molecule has 0 fully saturated rings. The van der Waals surface area contributed by atoms with Crippen molar-refractivity contribution in [3.63, 3.8) is 0 Å². The maximum absolute atomic E-state index is 13.6. The van der Waals surface area contributed by atoms with E-state index in [1.807, 2.05) is 26.1 Å². The number of ether oxygens (including phenoxy) is 2. The van der Waals surface area contributed by atoms with Gasteiger partial charge in [-0.1, -0.05) is 31.2 Å². The van der Waals surface area contributed by atoms with Crippen LogP contribution in [-0.2, 0) is 27.8 Å². The zero-order valence-electron chi connectivity index (χ0n) is 29.2. The molecule has 51 heavy (non-hydrogen) atoms. The van der Waals surface area contributed by atoms with Crippen LogP contribution in [0, 0.1) is 5.92 Å². The molecule has 0 radical (unpaired) electrons. The quantitative estimate of drug-likeness (QED) is 0.154. The number of aliphatic hydroxyl groups is 1. The molecule has 0 saturated heterocycles. The Morgan fingerprint density at radius 3 is 2.45 bits per heavy atom. The van der Waals surface area contributed by atoms with Gasteiger partial charge in [-0.15, -0.1) is 0 Å². The van der Waals surface area contributed by atoms with E-state index in [-0.39, 0.29) is 47.4 Å². The number of nitrogen functional groups attached to an aromatic ring is 1. The summed E-state index contributed by atoms with van der Waals surface area (Å²) >= 11 is 0. The van der Waals surface area contributed by atoms with Crippen molar-refractivity contribution in [3.05, 3.63) is 108 Å². The molecule has 5 N–H and O–H groups in total. The van der Waals surface area contributed by atoms with Crippen LogP contribution in [0.1, 0.15) is 35.3 Å². The number of aliphatic hydroxyl groups excluding tert-OH is 1. The van der Waals surface area contributed by atoms with Crippen molar-refractivity contribution in [2.45, 2.75) is 43.9 Å². The van der Waals surface area contributed by atoms with Crippen LogP contribution in [0.5, 0.6) is 11.5 Å². The van der Waals surface area contributed by atoms with E-state index in [2.05, 4.69) is 14.9 Å². The number of nitrogens with two attached hydrogens (primary N) is 1. The van der Waals surface area contributed by atoms with Crippen LogP contribution in [0.4, 0.5) is 17.1 Å². The van der Waals surface area contributed by atoms with Gasteiger partial charge in [0.25, 0.3) is 15.9 Å². The van der Waals surface area contributed by atoms with Crippen LogP contribution in [0.15, 0.2) is 95.9 Å².